The standard InChI is InChI=1S/C10H13NO3/c1-3-7-11-8(5-6-9(11)12)10(13)14-4-2/h1,8H,4-7H2,2H3/t8-/m0/s1. The van der Waals surface area contributed by atoms with Crippen molar-refractivity contribution in [3.63, 3.8) is 0 Å². The molecule has 0 saturated carbocycles. The SMILES string of the molecule is C#CCN1C(=O)CC[C@H]1C(=O)OCC. The van der Waals surface area contributed by atoms with Gasteiger partial charge in [-0.1, -0.05) is 5.92 Å². The number of likely N-dealkylation sites (tertiary alicyclic amines) is 1. The molecule has 1 amide bonds. The van der Waals surface area contributed by atoms with Crippen LogP contribution in [0.3, 0.4) is 0 Å². The number of carbonyl (C=O) groups is 2. The van der Waals surface area contributed by atoms with Gasteiger partial charge in [-0.3, -0.25) is 4.79 Å². The number of hydrogen-bond donors (Lipinski definition) is 0. The molecule has 0 N–H and O–H groups in total. The molecule has 1 saturated heterocycles. The van der Waals surface area contributed by atoms with Gasteiger partial charge < -0.3 is 9.64 Å². The van der Waals surface area contributed by atoms with Crippen LogP contribution in [0.5, 0.6) is 0 Å². The van der Waals surface area contributed by atoms with Gasteiger partial charge in [0, 0.05) is 6.42 Å². The number of esters is 1. The minimum absolute atomic E-state index is 0.0685. The van der Waals surface area contributed by atoms with E-state index in [0.717, 1.165) is 0 Å². The summed E-state index contributed by atoms with van der Waals surface area (Å²) in [6.07, 6.45) is 6.00. The molecule has 4 heteroatoms. The Morgan fingerprint density at radius 3 is 3.07 bits per heavy atom. The Morgan fingerprint density at radius 1 is 1.79 bits per heavy atom. The third kappa shape index (κ3) is 2.05. The number of ether oxygens (including phenoxy) is 1. The first-order valence-electron chi connectivity index (χ1n) is 4.60. The van der Waals surface area contributed by atoms with Crippen molar-refractivity contribution < 1.29 is 14.3 Å². The lowest BCUT2D eigenvalue weighted by atomic mass is 10.2. The first kappa shape index (κ1) is 10.6. The summed E-state index contributed by atoms with van der Waals surface area (Å²) in [6.45, 7) is 2.25. The minimum Gasteiger partial charge on any atom is -0.464 e. The highest BCUT2D eigenvalue weighted by Crippen LogP contribution is 2.19. The predicted molar refractivity (Wildman–Crippen MR) is 50.2 cm³/mol. The maximum atomic E-state index is 11.4. The van der Waals surface area contributed by atoms with Gasteiger partial charge in [-0.05, 0) is 13.3 Å². The summed E-state index contributed by atoms with van der Waals surface area (Å²) in [5, 5.41) is 0. The summed E-state index contributed by atoms with van der Waals surface area (Å²) >= 11 is 0. The van der Waals surface area contributed by atoms with Crippen molar-refractivity contribution in [1.82, 2.24) is 4.90 Å². The average molecular weight is 195 g/mol. The molecule has 1 aliphatic rings. The first-order chi connectivity index (χ1) is 6.70. The van der Waals surface area contributed by atoms with Crippen molar-refractivity contribution in [2.45, 2.75) is 25.8 Å². The molecule has 14 heavy (non-hydrogen) atoms. The fourth-order valence-corrected chi connectivity index (χ4v) is 1.51. The van der Waals surface area contributed by atoms with E-state index in [2.05, 4.69) is 5.92 Å². The lowest BCUT2D eigenvalue weighted by molar-refractivity contribution is -0.151. The maximum Gasteiger partial charge on any atom is 0.328 e. The molecule has 1 rings (SSSR count). The Labute approximate surface area is 83.2 Å². The molecular weight excluding hydrogens is 182 g/mol. The van der Waals surface area contributed by atoms with E-state index in [-0.39, 0.29) is 18.4 Å². The van der Waals surface area contributed by atoms with Crippen LogP contribution in [0.4, 0.5) is 0 Å². The van der Waals surface area contributed by atoms with Crippen molar-refractivity contribution in [2.24, 2.45) is 0 Å². The van der Waals surface area contributed by atoms with Crippen molar-refractivity contribution in [3.05, 3.63) is 0 Å². The predicted octanol–water partition coefficient (Wildman–Crippen LogP) is 0.174. The second kappa shape index (κ2) is 4.66. The Balaban J connectivity index is 2.64. The van der Waals surface area contributed by atoms with Crippen LogP contribution in [0.15, 0.2) is 0 Å². The molecule has 4 nitrogen and oxygen atoms in total. The fraction of sp³-hybridized carbons (Fsp3) is 0.600. The van der Waals surface area contributed by atoms with Crippen LogP contribution in [-0.2, 0) is 14.3 Å². The normalized spacial score (nSPS) is 20.7. The van der Waals surface area contributed by atoms with Crippen LogP contribution in [0.1, 0.15) is 19.8 Å². The summed E-state index contributed by atoms with van der Waals surface area (Å²) in [4.78, 5) is 24.1. The molecule has 0 aromatic carbocycles. The highest BCUT2D eigenvalue weighted by Gasteiger charge is 2.36. The molecule has 0 radical (unpaired) electrons. The van der Waals surface area contributed by atoms with E-state index in [1.54, 1.807) is 6.92 Å². The third-order valence-corrected chi connectivity index (χ3v) is 2.15. The van der Waals surface area contributed by atoms with Crippen LogP contribution in [0, 0.1) is 12.3 Å². The lowest BCUT2D eigenvalue weighted by Crippen LogP contribution is -2.39. The topological polar surface area (TPSA) is 46.6 Å². The molecule has 1 aliphatic heterocycles. The molecule has 1 heterocycles. The van der Waals surface area contributed by atoms with Crippen LogP contribution < -0.4 is 0 Å². The van der Waals surface area contributed by atoms with Crippen LogP contribution >= 0.6 is 0 Å². The van der Waals surface area contributed by atoms with Gasteiger partial charge in [0.25, 0.3) is 0 Å². The van der Waals surface area contributed by atoms with E-state index in [1.807, 2.05) is 0 Å². The first-order valence-corrected chi connectivity index (χ1v) is 4.60. The van der Waals surface area contributed by atoms with Gasteiger partial charge in [-0.25, -0.2) is 4.79 Å². The number of nitrogens with zero attached hydrogens (tertiary/aromatic N) is 1. The van der Waals surface area contributed by atoms with E-state index in [4.69, 9.17) is 11.2 Å². The molecular formula is C10H13NO3. The molecule has 0 spiro atoms. The van der Waals surface area contributed by atoms with Gasteiger partial charge in [0.2, 0.25) is 5.91 Å². The Bertz CT molecular complexity index is 280. The Kier molecular flexibility index (Phi) is 3.52. The molecule has 0 aliphatic carbocycles. The van der Waals surface area contributed by atoms with E-state index in [1.165, 1.54) is 4.90 Å². The minimum atomic E-state index is -0.474. The molecule has 1 fully saturated rings. The zero-order chi connectivity index (χ0) is 10.6. The van der Waals surface area contributed by atoms with E-state index >= 15 is 0 Å². The molecule has 0 aromatic rings. The zero-order valence-corrected chi connectivity index (χ0v) is 8.16. The summed E-state index contributed by atoms with van der Waals surface area (Å²) in [6, 6.07) is -0.474. The van der Waals surface area contributed by atoms with Crippen molar-refractivity contribution in [1.29, 1.82) is 0 Å². The summed E-state index contributed by atoms with van der Waals surface area (Å²) < 4.78 is 4.85. The van der Waals surface area contributed by atoms with Gasteiger partial charge in [0.1, 0.15) is 6.04 Å². The van der Waals surface area contributed by atoms with Crippen LogP contribution in [-0.4, -0.2) is 36.0 Å². The van der Waals surface area contributed by atoms with Gasteiger partial charge in [-0.15, -0.1) is 6.42 Å². The van der Waals surface area contributed by atoms with Gasteiger partial charge in [0.05, 0.1) is 13.2 Å². The quantitative estimate of drug-likeness (QED) is 0.476. The summed E-state index contributed by atoms with van der Waals surface area (Å²) in [5.41, 5.74) is 0. The summed E-state index contributed by atoms with van der Waals surface area (Å²) in [5.74, 6) is 1.94. The second-order valence-corrected chi connectivity index (χ2v) is 3.03. The highest BCUT2D eigenvalue weighted by atomic mass is 16.5. The smallest absolute Gasteiger partial charge is 0.328 e. The third-order valence-electron chi connectivity index (χ3n) is 2.15. The fourth-order valence-electron chi connectivity index (χ4n) is 1.51. The number of terminal acetylenes is 1. The van der Waals surface area contributed by atoms with Crippen molar-refractivity contribution in [2.75, 3.05) is 13.2 Å². The Morgan fingerprint density at radius 2 is 2.50 bits per heavy atom. The summed E-state index contributed by atoms with van der Waals surface area (Å²) in [7, 11) is 0. The van der Waals surface area contributed by atoms with Gasteiger partial charge in [-0.2, -0.15) is 0 Å². The largest absolute Gasteiger partial charge is 0.464 e. The highest BCUT2D eigenvalue weighted by molar-refractivity contribution is 5.88. The van der Waals surface area contributed by atoms with E-state index in [9.17, 15) is 9.59 Å². The van der Waals surface area contributed by atoms with Gasteiger partial charge in [0.15, 0.2) is 0 Å². The maximum absolute atomic E-state index is 11.4. The monoisotopic (exact) mass is 195 g/mol. The van der Waals surface area contributed by atoms with Crippen LogP contribution in [0.2, 0.25) is 0 Å². The molecule has 0 bridgehead atoms. The van der Waals surface area contributed by atoms with Crippen LogP contribution in [0.25, 0.3) is 0 Å². The van der Waals surface area contributed by atoms with E-state index in [0.29, 0.717) is 19.4 Å². The number of carbonyl (C=O) groups excluding carboxylic acids is 2. The number of rotatable bonds is 3. The Hall–Kier alpha value is -1.50. The molecule has 76 valence electrons. The average Bonchev–Trinajstić information content (AvgIpc) is 2.50. The van der Waals surface area contributed by atoms with Gasteiger partial charge >= 0.3 is 5.97 Å². The zero-order valence-electron chi connectivity index (χ0n) is 8.16. The molecule has 0 aromatic heterocycles. The lowest BCUT2D eigenvalue weighted by Gasteiger charge is -2.20. The molecule has 0 unspecified atom stereocenters. The van der Waals surface area contributed by atoms with E-state index < -0.39 is 6.04 Å². The number of amides is 1. The number of hydrogen-bond acceptors (Lipinski definition) is 3. The van der Waals surface area contributed by atoms with Crippen molar-refractivity contribution >= 4 is 11.9 Å². The van der Waals surface area contributed by atoms with Crippen molar-refractivity contribution in [3.8, 4) is 12.3 Å². The molecule has 1 atom stereocenters. The second-order valence-electron chi connectivity index (χ2n) is 3.03.